The van der Waals surface area contributed by atoms with E-state index < -0.39 is 23.8 Å². The second-order valence-corrected chi connectivity index (χ2v) is 10.0. The SMILES string of the molecule is CC(C)(C)OC(=O)N1CC(N(CCCC(=O)O)C(=O)OCC2c3ccccc3-c3ccccc32)C1. The number of carboxylic acids is 1. The van der Waals surface area contributed by atoms with Crippen LogP contribution in [0.3, 0.4) is 0 Å². The Morgan fingerprint density at radius 3 is 2.11 bits per heavy atom. The summed E-state index contributed by atoms with van der Waals surface area (Å²) in [5.74, 6) is -0.978. The molecule has 1 aliphatic carbocycles. The van der Waals surface area contributed by atoms with Gasteiger partial charge in [-0.1, -0.05) is 48.5 Å². The first-order chi connectivity index (χ1) is 16.6. The van der Waals surface area contributed by atoms with E-state index in [0.717, 1.165) is 22.3 Å². The lowest BCUT2D eigenvalue weighted by Crippen LogP contribution is -2.63. The van der Waals surface area contributed by atoms with Gasteiger partial charge in [0.1, 0.15) is 12.2 Å². The van der Waals surface area contributed by atoms with Crippen LogP contribution in [0.4, 0.5) is 9.59 Å². The molecule has 1 saturated heterocycles. The number of ether oxygens (including phenoxy) is 2. The Morgan fingerprint density at radius 1 is 1.00 bits per heavy atom. The number of hydrogen-bond donors (Lipinski definition) is 1. The Hall–Kier alpha value is -3.55. The average Bonchev–Trinajstić information content (AvgIpc) is 3.08. The highest BCUT2D eigenvalue weighted by atomic mass is 16.6. The van der Waals surface area contributed by atoms with E-state index in [1.807, 2.05) is 24.3 Å². The normalized spacial score (nSPS) is 15.1. The highest BCUT2D eigenvalue weighted by molar-refractivity contribution is 5.79. The first kappa shape index (κ1) is 24.6. The Labute approximate surface area is 205 Å². The van der Waals surface area contributed by atoms with Gasteiger partial charge in [-0.2, -0.15) is 0 Å². The largest absolute Gasteiger partial charge is 0.481 e. The first-order valence-corrected chi connectivity index (χ1v) is 12.0. The van der Waals surface area contributed by atoms with Gasteiger partial charge in [-0.05, 0) is 49.4 Å². The lowest BCUT2D eigenvalue weighted by molar-refractivity contribution is -0.137. The van der Waals surface area contributed by atoms with Crippen LogP contribution in [0.25, 0.3) is 11.1 Å². The molecule has 0 saturated carbocycles. The molecule has 8 heteroatoms. The fourth-order valence-electron chi connectivity index (χ4n) is 4.63. The lowest BCUT2D eigenvalue weighted by atomic mass is 9.98. The zero-order valence-electron chi connectivity index (χ0n) is 20.4. The van der Waals surface area contributed by atoms with E-state index in [0.29, 0.717) is 19.5 Å². The van der Waals surface area contributed by atoms with Crippen LogP contribution in [0.1, 0.15) is 50.7 Å². The number of nitrogens with zero attached hydrogens (tertiary/aromatic N) is 2. The summed E-state index contributed by atoms with van der Waals surface area (Å²) in [6.07, 6.45) is -0.657. The Balaban J connectivity index is 1.42. The molecule has 0 atom stereocenters. The molecule has 1 heterocycles. The third-order valence-electron chi connectivity index (χ3n) is 6.31. The Morgan fingerprint density at radius 2 is 1.57 bits per heavy atom. The molecular formula is C27H32N2O6. The summed E-state index contributed by atoms with van der Waals surface area (Å²) in [7, 11) is 0. The zero-order chi connectivity index (χ0) is 25.2. The number of carbonyl (C=O) groups excluding carboxylic acids is 2. The second kappa shape index (κ2) is 9.98. The fourth-order valence-corrected chi connectivity index (χ4v) is 4.63. The quantitative estimate of drug-likeness (QED) is 0.616. The van der Waals surface area contributed by atoms with Crippen molar-refractivity contribution in [2.45, 2.75) is 51.2 Å². The monoisotopic (exact) mass is 480 g/mol. The van der Waals surface area contributed by atoms with Crippen LogP contribution in [0.15, 0.2) is 48.5 Å². The van der Waals surface area contributed by atoms with E-state index >= 15 is 0 Å². The van der Waals surface area contributed by atoms with E-state index in [9.17, 15) is 14.4 Å². The number of benzene rings is 2. The summed E-state index contributed by atoms with van der Waals surface area (Å²) in [4.78, 5) is 39.6. The lowest BCUT2D eigenvalue weighted by Gasteiger charge is -2.44. The van der Waals surface area contributed by atoms with Crippen molar-refractivity contribution in [2.75, 3.05) is 26.2 Å². The van der Waals surface area contributed by atoms with Crippen molar-refractivity contribution in [1.82, 2.24) is 9.80 Å². The Bertz CT molecular complexity index is 1060. The molecule has 1 N–H and O–H groups in total. The summed E-state index contributed by atoms with van der Waals surface area (Å²) in [5.41, 5.74) is 3.94. The number of fused-ring (bicyclic) bond motifs is 3. The fraction of sp³-hybridized carbons (Fsp3) is 0.444. The molecule has 0 unspecified atom stereocenters. The van der Waals surface area contributed by atoms with Crippen LogP contribution >= 0.6 is 0 Å². The van der Waals surface area contributed by atoms with Crippen molar-refractivity contribution in [3.05, 3.63) is 59.7 Å². The number of carbonyl (C=O) groups is 3. The molecule has 2 aromatic carbocycles. The maximum Gasteiger partial charge on any atom is 0.410 e. The molecular weight excluding hydrogens is 448 g/mol. The highest BCUT2D eigenvalue weighted by Crippen LogP contribution is 2.44. The molecule has 1 fully saturated rings. The molecule has 35 heavy (non-hydrogen) atoms. The van der Waals surface area contributed by atoms with Crippen LogP contribution in [0.5, 0.6) is 0 Å². The minimum atomic E-state index is -0.915. The van der Waals surface area contributed by atoms with Crippen LogP contribution in [0.2, 0.25) is 0 Å². The maximum atomic E-state index is 13.2. The van der Waals surface area contributed by atoms with Crippen LogP contribution in [-0.2, 0) is 14.3 Å². The predicted octanol–water partition coefficient (Wildman–Crippen LogP) is 4.72. The predicted molar refractivity (Wildman–Crippen MR) is 130 cm³/mol. The summed E-state index contributed by atoms with van der Waals surface area (Å²) >= 11 is 0. The highest BCUT2D eigenvalue weighted by Gasteiger charge is 2.40. The Kier molecular flexibility index (Phi) is 7.00. The van der Waals surface area contributed by atoms with Crippen LogP contribution < -0.4 is 0 Å². The molecule has 2 amide bonds. The molecule has 2 aliphatic rings. The summed E-state index contributed by atoms with van der Waals surface area (Å²) in [6, 6.07) is 16.0. The number of rotatable bonds is 7. The van der Waals surface area contributed by atoms with E-state index in [1.54, 1.807) is 25.7 Å². The van der Waals surface area contributed by atoms with Crippen molar-refractivity contribution in [3.8, 4) is 11.1 Å². The molecule has 0 aromatic heterocycles. The van der Waals surface area contributed by atoms with Gasteiger partial charge in [0.25, 0.3) is 0 Å². The van der Waals surface area contributed by atoms with Gasteiger partial charge in [-0.25, -0.2) is 9.59 Å². The number of likely N-dealkylation sites (tertiary alicyclic amines) is 1. The molecule has 0 bridgehead atoms. The van der Waals surface area contributed by atoms with Gasteiger partial charge in [0, 0.05) is 32.0 Å². The molecule has 8 nitrogen and oxygen atoms in total. The molecule has 186 valence electrons. The van der Waals surface area contributed by atoms with E-state index in [4.69, 9.17) is 14.6 Å². The van der Waals surface area contributed by atoms with Crippen molar-refractivity contribution in [2.24, 2.45) is 0 Å². The van der Waals surface area contributed by atoms with E-state index in [2.05, 4.69) is 24.3 Å². The van der Waals surface area contributed by atoms with Gasteiger partial charge in [0.15, 0.2) is 0 Å². The van der Waals surface area contributed by atoms with Gasteiger partial charge in [-0.15, -0.1) is 0 Å². The summed E-state index contributed by atoms with van der Waals surface area (Å²) < 4.78 is 11.2. The van der Waals surface area contributed by atoms with Gasteiger partial charge >= 0.3 is 18.2 Å². The van der Waals surface area contributed by atoms with Crippen LogP contribution in [0, 0.1) is 0 Å². The smallest absolute Gasteiger partial charge is 0.410 e. The molecule has 4 rings (SSSR count). The third-order valence-corrected chi connectivity index (χ3v) is 6.31. The second-order valence-electron chi connectivity index (χ2n) is 10.0. The number of amides is 2. The van der Waals surface area contributed by atoms with Gasteiger partial charge in [0.05, 0.1) is 6.04 Å². The van der Waals surface area contributed by atoms with Gasteiger partial charge in [-0.3, -0.25) is 4.79 Å². The third kappa shape index (κ3) is 5.58. The van der Waals surface area contributed by atoms with Gasteiger partial charge in [0.2, 0.25) is 0 Å². The first-order valence-electron chi connectivity index (χ1n) is 12.0. The van der Waals surface area contributed by atoms with Gasteiger partial charge < -0.3 is 24.4 Å². The molecule has 0 radical (unpaired) electrons. The summed E-state index contributed by atoms with van der Waals surface area (Å²) in [5, 5.41) is 9.03. The topological polar surface area (TPSA) is 96.4 Å². The minimum Gasteiger partial charge on any atom is -0.481 e. The molecule has 1 aliphatic heterocycles. The maximum absolute atomic E-state index is 13.2. The average molecular weight is 481 g/mol. The van der Waals surface area contributed by atoms with E-state index in [1.165, 1.54) is 4.90 Å². The van der Waals surface area contributed by atoms with Crippen LogP contribution in [-0.4, -0.2) is 70.9 Å². The molecule has 2 aromatic rings. The number of carboxylic acid groups (broad SMARTS) is 1. The molecule has 0 spiro atoms. The number of aliphatic carboxylic acids is 1. The standard InChI is InChI=1S/C27H32N2O6/c1-27(2,3)35-25(32)28-15-18(16-28)29(14-8-13-24(30)31)26(33)34-17-23-21-11-6-4-9-19(21)20-10-5-7-12-22(20)23/h4-7,9-12,18,23H,8,13-17H2,1-3H3,(H,30,31). The zero-order valence-corrected chi connectivity index (χ0v) is 20.4. The van der Waals surface area contributed by atoms with Crippen molar-refractivity contribution < 1.29 is 29.0 Å². The summed E-state index contributed by atoms with van der Waals surface area (Å²) in [6.45, 7) is 6.49. The van der Waals surface area contributed by atoms with Crippen molar-refractivity contribution >= 4 is 18.2 Å². The van der Waals surface area contributed by atoms with Crippen molar-refractivity contribution in [3.63, 3.8) is 0 Å². The number of hydrogen-bond acceptors (Lipinski definition) is 5. The minimum absolute atomic E-state index is 0.0460. The van der Waals surface area contributed by atoms with Crippen molar-refractivity contribution in [1.29, 1.82) is 0 Å². The van der Waals surface area contributed by atoms with E-state index in [-0.39, 0.29) is 31.5 Å².